The van der Waals surface area contributed by atoms with Crippen molar-refractivity contribution in [3.05, 3.63) is 29.8 Å². The van der Waals surface area contributed by atoms with E-state index in [2.05, 4.69) is 43.4 Å². The van der Waals surface area contributed by atoms with Crippen LogP contribution in [-0.4, -0.2) is 19.7 Å². The molecule has 0 aliphatic carbocycles. The molecule has 1 unspecified atom stereocenters. The van der Waals surface area contributed by atoms with Gasteiger partial charge in [0, 0.05) is 12.5 Å². The summed E-state index contributed by atoms with van der Waals surface area (Å²) in [4.78, 5) is 0. The Bertz CT molecular complexity index is 325. The third kappa shape index (κ3) is 3.74. The summed E-state index contributed by atoms with van der Waals surface area (Å²) in [7, 11) is 0. The smallest absolute Gasteiger partial charge is 0.119 e. The zero-order chi connectivity index (χ0) is 12.1. The lowest BCUT2D eigenvalue weighted by Crippen LogP contribution is -2.33. The summed E-state index contributed by atoms with van der Waals surface area (Å²) >= 11 is 0. The van der Waals surface area contributed by atoms with E-state index in [0.717, 1.165) is 18.9 Å². The highest BCUT2D eigenvalue weighted by atomic mass is 16.5. The van der Waals surface area contributed by atoms with Crippen LogP contribution < -0.4 is 10.1 Å². The van der Waals surface area contributed by atoms with Gasteiger partial charge in [-0.15, -0.1) is 0 Å². The Morgan fingerprint density at radius 2 is 2.06 bits per heavy atom. The molecule has 94 valence electrons. The van der Waals surface area contributed by atoms with E-state index in [-0.39, 0.29) is 0 Å². The van der Waals surface area contributed by atoms with Crippen LogP contribution in [0.1, 0.15) is 38.2 Å². The monoisotopic (exact) mass is 233 g/mol. The molecule has 1 fully saturated rings. The second-order valence-electron chi connectivity index (χ2n) is 5.25. The molecule has 0 saturated carbocycles. The Morgan fingerprint density at radius 1 is 1.29 bits per heavy atom. The van der Waals surface area contributed by atoms with E-state index in [1.165, 1.54) is 24.9 Å². The van der Waals surface area contributed by atoms with E-state index >= 15 is 0 Å². The molecule has 0 radical (unpaired) electrons. The van der Waals surface area contributed by atoms with Crippen molar-refractivity contribution in [2.24, 2.45) is 5.92 Å². The number of piperidine rings is 1. The quantitative estimate of drug-likeness (QED) is 0.862. The maximum Gasteiger partial charge on any atom is 0.119 e. The van der Waals surface area contributed by atoms with Crippen LogP contribution in [0.2, 0.25) is 0 Å². The molecule has 1 N–H and O–H groups in total. The number of rotatable bonds is 4. The van der Waals surface area contributed by atoms with Crippen LogP contribution in [0.25, 0.3) is 0 Å². The van der Waals surface area contributed by atoms with Gasteiger partial charge < -0.3 is 10.1 Å². The summed E-state index contributed by atoms with van der Waals surface area (Å²) in [6.45, 7) is 7.53. The van der Waals surface area contributed by atoms with Gasteiger partial charge in [-0.3, -0.25) is 0 Å². The zero-order valence-corrected chi connectivity index (χ0v) is 10.9. The molecule has 0 bridgehead atoms. The molecule has 2 nitrogen and oxygen atoms in total. The van der Waals surface area contributed by atoms with E-state index in [9.17, 15) is 0 Å². The number of nitrogens with one attached hydrogen (secondary N) is 1. The largest absolute Gasteiger partial charge is 0.493 e. The molecular formula is C15H23NO. The average Bonchev–Trinajstić information content (AvgIpc) is 2.38. The molecule has 0 amide bonds. The Morgan fingerprint density at radius 3 is 2.65 bits per heavy atom. The minimum atomic E-state index is 0.589. The maximum absolute atomic E-state index is 5.84. The Kier molecular flexibility index (Phi) is 4.43. The van der Waals surface area contributed by atoms with Crippen molar-refractivity contribution in [2.75, 3.05) is 19.7 Å². The van der Waals surface area contributed by atoms with Crippen molar-refractivity contribution in [1.82, 2.24) is 5.32 Å². The minimum absolute atomic E-state index is 0.589. The molecular weight excluding hydrogens is 210 g/mol. The fourth-order valence-corrected chi connectivity index (χ4v) is 2.23. The van der Waals surface area contributed by atoms with Gasteiger partial charge in [-0.25, -0.2) is 0 Å². The van der Waals surface area contributed by atoms with Crippen LogP contribution in [0, 0.1) is 5.92 Å². The van der Waals surface area contributed by atoms with Crippen LogP contribution in [0.4, 0.5) is 0 Å². The molecule has 1 aliphatic rings. The molecule has 0 spiro atoms. The van der Waals surface area contributed by atoms with Crippen LogP contribution in [0.15, 0.2) is 24.3 Å². The molecule has 0 aromatic heterocycles. The van der Waals surface area contributed by atoms with Crippen LogP contribution in [-0.2, 0) is 0 Å². The first kappa shape index (κ1) is 12.4. The fourth-order valence-electron chi connectivity index (χ4n) is 2.23. The van der Waals surface area contributed by atoms with Gasteiger partial charge in [-0.05, 0) is 43.0 Å². The molecule has 2 heteroatoms. The van der Waals surface area contributed by atoms with Gasteiger partial charge in [-0.1, -0.05) is 26.0 Å². The summed E-state index contributed by atoms with van der Waals surface area (Å²) in [5.74, 6) is 2.26. The maximum atomic E-state index is 5.84. The predicted octanol–water partition coefficient (Wildman–Crippen LogP) is 3.19. The highest BCUT2D eigenvalue weighted by molar-refractivity contribution is 5.28. The molecule has 17 heavy (non-hydrogen) atoms. The van der Waals surface area contributed by atoms with E-state index < -0.39 is 0 Å². The van der Waals surface area contributed by atoms with Crippen LogP contribution >= 0.6 is 0 Å². The minimum Gasteiger partial charge on any atom is -0.493 e. The van der Waals surface area contributed by atoms with Crippen LogP contribution in [0.3, 0.4) is 0 Å². The van der Waals surface area contributed by atoms with E-state index in [4.69, 9.17) is 4.74 Å². The van der Waals surface area contributed by atoms with Crippen molar-refractivity contribution in [3.63, 3.8) is 0 Å². The average molecular weight is 233 g/mol. The molecule has 1 aromatic carbocycles. The first-order chi connectivity index (χ1) is 8.25. The van der Waals surface area contributed by atoms with Gasteiger partial charge in [-0.2, -0.15) is 0 Å². The number of hydrogen-bond donors (Lipinski definition) is 1. The summed E-state index contributed by atoms with van der Waals surface area (Å²) in [5, 5.41) is 3.42. The first-order valence-corrected chi connectivity index (χ1v) is 6.69. The van der Waals surface area contributed by atoms with Gasteiger partial charge in [0.15, 0.2) is 0 Å². The standard InChI is InChI=1S/C15H23NO/c1-12(2)14-5-7-15(8-6-14)17-11-13-4-3-9-16-10-13/h5-8,12-13,16H,3-4,9-11H2,1-2H3. The third-order valence-corrected chi connectivity index (χ3v) is 3.43. The number of ether oxygens (including phenoxy) is 1. The van der Waals surface area contributed by atoms with Crippen molar-refractivity contribution in [3.8, 4) is 5.75 Å². The van der Waals surface area contributed by atoms with Crippen molar-refractivity contribution < 1.29 is 4.74 Å². The molecule has 1 aromatic rings. The Labute approximate surface area is 104 Å². The van der Waals surface area contributed by atoms with Crippen molar-refractivity contribution in [1.29, 1.82) is 0 Å². The molecule has 1 atom stereocenters. The normalized spacial score (nSPS) is 20.5. The van der Waals surface area contributed by atoms with Crippen molar-refractivity contribution >= 4 is 0 Å². The van der Waals surface area contributed by atoms with Gasteiger partial charge in [0.1, 0.15) is 5.75 Å². The molecule has 1 saturated heterocycles. The highest BCUT2D eigenvalue weighted by Gasteiger charge is 2.13. The molecule has 2 rings (SSSR count). The van der Waals surface area contributed by atoms with Gasteiger partial charge in [0.2, 0.25) is 0 Å². The molecule has 1 aliphatic heterocycles. The topological polar surface area (TPSA) is 21.3 Å². The second-order valence-corrected chi connectivity index (χ2v) is 5.25. The van der Waals surface area contributed by atoms with Gasteiger partial charge in [0.05, 0.1) is 6.61 Å². The van der Waals surface area contributed by atoms with Crippen LogP contribution in [0.5, 0.6) is 5.75 Å². The lowest BCUT2D eigenvalue weighted by molar-refractivity contribution is 0.218. The first-order valence-electron chi connectivity index (χ1n) is 6.69. The summed E-state index contributed by atoms with van der Waals surface area (Å²) in [6.07, 6.45) is 2.57. The Balaban J connectivity index is 1.82. The fraction of sp³-hybridized carbons (Fsp3) is 0.600. The number of benzene rings is 1. The number of hydrogen-bond acceptors (Lipinski definition) is 2. The zero-order valence-electron chi connectivity index (χ0n) is 10.9. The highest BCUT2D eigenvalue weighted by Crippen LogP contribution is 2.19. The lowest BCUT2D eigenvalue weighted by atomic mass is 10.0. The Hall–Kier alpha value is -1.02. The second kappa shape index (κ2) is 6.06. The van der Waals surface area contributed by atoms with E-state index in [1.807, 2.05) is 0 Å². The predicted molar refractivity (Wildman–Crippen MR) is 71.6 cm³/mol. The summed E-state index contributed by atoms with van der Waals surface area (Å²) in [5.41, 5.74) is 1.37. The lowest BCUT2D eigenvalue weighted by Gasteiger charge is -2.22. The third-order valence-electron chi connectivity index (χ3n) is 3.43. The molecule has 1 heterocycles. The van der Waals surface area contributed by atoms with E-state index in [0.29, 0.717) is 11.8 Å². The summed E-state index contributed by atoms with van der Waals surface area (Å²) < 4.78 is 5.84. The summed E-state index contributed by atoms with van der Waals surface area (Å²) in [6, 6.07) is 8.51. The van der Waals surface area contributed by atoms with Crippen molar-refractivity contribution in [2.45, 2.75) is 32.6 Å². The van der Waals surface area contributed by atoms with E-state index in [1.54, 1.807) is 0 Å². The van der Waals surface area contributed by atoms with Gasteiger partial charge in [0.25, 0.3) is 0 Å². The van der Waals surface area contributed by atoms with Gasteiger partial charge >= 0.3 is 0 Å². The SMILES string of the molecule is CC(C)c1ccc(OCC2CCCNC2)cc1.